The Morgan fingerprint density at radius 3 is 0.699 bits per heavy atom. The van der Waals surface area contributed by atoms with E-state index in [1.807, 2.05) is 34.0 Å². The molecule has 2 aliphatic heterocycles. The monoisotopic (exact) mass is 1980 g/mol. The summed E-state index contributed by atoms with van der Waals surface area (Å²) < 4.78 is 12.5. The van der Waals surface area contributed by atoms with Gasteiger partial charge >= 0.3 is 0 Å². The first-order valence-electron chi connectivity index (χ1n) is 56.8. The number of thiophene rings is 9. The summed E-state index contributed by atoms with van der Waals surface area (Å²) in [5.41, 5.74) is 6.45. The van der Waals surface area contributed by atoms with E-state index in [-0.39, 0.29) is 11.8 Å². The van der Waals surface area contributed by atoms with Crippen molar-refractivity contribution in [1.82, 2.24) is 9.80 Å². The fourth-order valence-electron chi connectivity index (χ4n) is 22.2. The molecule has 0 saturated heterocycles. The van der Waals surface area contributed by atoms with E-state index < -0.39 is 0 Å². The van der Waals surface area contributed by atoms with E-state index in [0.29, 0.717) is 36.1 Å². The van der Waals surface area contributed by atoms with Crippen molar-refractivity contribution < 1.29 is 9.59 Å². The van der Waals surface area contributed by atoms with Crippen LogP contribution in [0.3, 0.4) is 0 Å². The molecule has 0 aromatic carbocycles. The fourth-order valence-corrected chi connectivity index (χ4v) is 34.3. The number of hydrogen-bond donors (Lipinski definition) is 0. The molecular weight excluding hydrogens is 1790 g/mol. The maximum atomic E-state index is 16.4. The maximum absolute atomic E-state index is 16.4. The van der Waals surface area contributed by atoms with Crippen LogP contribution in [0.4, 0.5) is 0 Å². The minimum atomic E-state index is 0.0599. The summed E-state index contributed by atoms with van der Waals surface area (Å²) in [6, 6.07) is 19.0. The molecule has 0 spiro atoms. The zero-order chi connectivity index (χ0) is 93.4. The summed E-state index contributed by atoms with van der Waals surface area (Å²) in [7, 11) is 0. The van der Waals surface area contributed by atoms with Crippen LogP contribution in [0.25, 0.3) is 78.3 Å². The van der Waals surface area contributed by atoms with Crippen molar-refractivity contribution in [2.24, 2.45) is 23.7 Å². The maximum Gasteiger partial charge on any atom is 0.261 e. The number of rotatable bonds is 81. The highest BCUT2D eigenvalue weighted by molar-refractivity contribution is 7.49. The third kappa shape index (κ3) is 34.5. The van der Waals surface area contributed by atoms with Crippen LogP contribution < -0.4 is 0 Å². The van der Waals surface area contributed by atoms with E-state index >= 15 is 9.59 Å². The minimum Gasteiger partial charge on any atom is -0.306 e. The lowest BCUT2D eigenvalue weighted by Crippen LogP contribution is -2.32. The van der Waals surface area contributed by atoms with Crippen LogP contribution in [0.1, 0.15) is 523 Å². The molecule has 2 amide bonds. The van der Waals surface area contributed by atoms with Gasteiger partial charge in [-0.3, -0.25) is 9.59 Å². The van der Waals surface area contributed by atoms with Crippen molar-refractivity contribution in [3.05, 3.63) is 90.3 Å². The van der Waals surface area contributed by atoms with E-state index in [4.69, 9.17) is 0 Å². The number of carbonyl (C=O) groups is 2. The summed E-state index contributed by atoms with van der Waals surface area (Å²) in [6.07, 6.45) is 93.1. The molecular formula is C120H186N2O2S9. The number of unbranched alkanes of at least 4 members (excludes halogenated alkanes) is 48. The second-order valence-electron chi connectivity index (χ2n) is 41.7. The number of fused-ring (bicyclic) bond motifs is 8. The highest BCUT2D eigenvalue weighted by Crippen LogP contribution is 2.60. The van der Waals surface area contributed by atoms with Crippen molar-refractivity contribution in [2.45, 2.75) is 519 Å². The van der Waals surface area contributed by atoms with Gasteiger partial charge in [0.25, 0.3) is 11.8 Å². The molecule has 0 radical (unpaired) electrons. The molecule has 0 bridgehead atoms. The molecule has 133 heavy (non-hydrogen) atoms. The van der Waals surface area contributed by atoms with Gasteiger partial charge in [0.2, 0.25) is 0 Å². The lowest BCUT2D eigenvalue weighted by molar-refractivity contribution is -0.124. The second kappa shape index (κ2) is 63.6. The van der Waals surface area contributed by atoms with E-state index in [1.54, 1.807) is 64.9 Å². The molecule has 4 unspecified atom stereocenters. The molecule has 0 saturated carbocycles. The fraction of sp³-hybridized carbons (Fsp3) is 0.717. The topological polar surface area (TPSA) is 40.6 Å². The van der Waals surface area contributed by atoms with Crippen molar-refractivity contribution in [3.8, 4) is 29.3 Å². The van der Waals surface area contributed by atoms with E-state index in [9.17, 15) is 0 Å². The lowest BCUT2D eigenvalue weighted by Gasteiger charge is -2.27. The van der Waals surface area contributed by atoms with Gasteiger partial charge in [-0.2, -0.15) is 0 Å². The number of aryl methyl sites for hydroxylation is 4. The zero-order valence-electron chi connectivity index (χ0n) is 86.2. The Bertz CT molecular complexity index is 4750. The van der Waals surface area contributed by atoms with Crippen LogP contribution >= 0.6 is 102 Å². The zero-order valence-corrected chi connectivity index (χ0v) is 93.6. The van der Waals surface area contributed by atoms with Gasteiger partial charge in [-0.15, -0.1) is 102 Å². The molecule has 11 heterocycles. The predicted octanol–water partition coefficient (Wildman–Crippen LogP) is 44.5. The Morgan fingerprint density at radius 1 is 0.211 bits per heavy atom. The number of nitrogens with zero attached hydrogens (tertiary/aromatic N) is 2. The molecule has 0 aliphatic carbocycles. The third-order valence-corrected chi connectivity index (χ3v) is 42.3. The standard InChI is InChI=1S/C120H186N2O2S9/c1-11-19-27-35-43-47-55-61-69-93(67-59-51-39-31-23-15-5)77-79-97-109(103-82-76-92(10)126-103)129-113-111(97)131-117-115(113)133-116-114-112(132-118(116)117)98(80-78-94(68-60-52-40-32-24-16-6)70-62-56-48-44-36-28-20-12-2)110(130-114)104-86-84-100(128-104)99-83-85-102(127-99)108-106-105(119(123)122(108)90-88-96(72-64-54-42-34-26-18-8)74-66-58-50-46-38-30-22-14-4)107(101-81-75-91(9)125-101)121(120(106)124)89-87-95(71-63-53-41-33-25-17-7)73-65-57-49-45-37-29-21-13-3/h75-76,81-86,93-96H,11-74,77-80,87-90H2,1-10H3. The van der Waals surface area contributed by atoms with Gasteiger partial charge in [-0.25, -0.2) is 0 Å². The van der Waals surface area contributed by atoms with Crippen LogP contribution in [0.2, 0.25) is 0 Å². The predicted molar refractivity (Wildman–Crippen MR) is 608 cm³/mol. The van der Waals surface area contributed by atoms with Gasteiger partial charge in [0, 0.05) is 52.1 Å². The first-order chi connectivity index (χ1) is 65.4. The Hall–Kier alpha value is -3.24. The summed E-state index contributed by atoms with van der Waals surface area (Å²) >= 11 is 18.4. The Kier molecular flexibility index (Phi) is 52.7. The Morgan fingerprint density at radius 2 is 0.421 bits per heavy atom. The summed E-state index contributed by atoms with van der Waals surface area (Å²) in [4.78, 5) is 50.4. The van der Waals surface area contributed by atoms with Crippen molar-refractivity contribution in [1.29, 1.82) is 0 Å². The molecule has 9 aromatic heterocycles. The molecule has 0 fully saturated rings. The molecule has 11 rings (SSSR count). The largest absolute Gasteiger partial charge is 0.306 e. The Balaban J connectivity index is 0.953. The first kappa shape index (κ1) is 110. The summed E-state index contributed by atoms with van der Waals surface area (Å²) in [6.45, 7) is 24.6. The first-order valence-corrected chi connectivity index (χ1v) is 64.1. The van der Waals surface area contributed by atoms with Crippen molar-refractivity contribution in [2.75, 3.05) is 13.1 Å². The van der Waals surface area contributed by atoms with Crippen LogP contribution in [0.15, 0.2) is 59.7 Å². The number of amides is 2. The normalized spacial score (nSPS) is 14.3. The quantitative estimate of drug-likeness (QED) is 0.0357. The van der Waals surface area contributed by atoms with Crippen molar-refractivity contribution >= 4 is 163 Å². The molecule has 0 N–H and O–H groups in total. The molecule has 2 aliphatic rings. The summed E-state index contributed by atoms with van der Waals surface area (Å²) in [5, 5.41) is 0. The van der Waals surface area contributed by atoms with Crippen LogP contribution in [0.5, 0.6) is 0 Å². The van der Waals surface area contributed by atoms with Gasteiger partial charge in [0.15, 0.2) is 0 Å². The molecule has 742 valence electrons. The van der Waals surface area contributed by atoms with Crippen LogP contribution in [-0.4, -0.2) is 34.7 Å². The molecule has 9 aromatic rings. The van der Waals surface area contributed by atoms with Crippen molar-refractivity contribution in [3.63, 3.8) is 0 Å². The highest BCUT2D eigenvalue weighted by Gasteiger charge is 2.50. The molecule has 4 nitrogen and oxygen atoms in total. The summed E-state index contributed by atoms with van der Waals surface area (Å²) in [5.74, 6) is 2.78. The lowest BCUT2D eigenvalue weighted by atomic mass is 9.89. The Labute approximate surface area is 849 Å². The van der Waals surface area contributed by atoms with E-state index in [0.717, 1.165) is 52.2 Å². The number of hydrogen-bond acceptors (Lipinski definition) is 11. The average molecular weight is 1980 g/mol. The second-order valence-corrected chi connectivity index (χ2v) is 51.5. The smallest absolute Gasteiger partial charge is 0.261 e. The van der Waals surface area contributed by atoms with E-state index in [1.165, 1.54) is 464 Å². The number of carbonyl (C=O) groups excluding carboxylic acids is 2. The van der Waals surface area contributed by atoms with Gasteiger partial charge in [0.1, 0.15) is 0 Å². The van der Waals surface area contributed by atoms with Crippen LogP contribution in [0, 0.1) is 37.5 Å². The van der Waals surface area contributed by atoms with Gasteiger partial charge in [0.05, 0.1) is 69.9 Å². The van der Waals surface area contributed by atoms with Gasteiger partial charge in [-0.05, 0) is 136 Å². The minimum absolute atomic E-state index is 0.0599. The SMILES string of the molecule is CCCCCCCCCCC(CCCCCCCC)CCc1c(-c2ccc(C)s2)sc2c1sc1c2sc2c3sc(-c4ccc(-c5ccc(C6=C7C(=O)N(CCC(CCCCCCCC)CCCCCCCCCC)C(c8ccc(C)s8)=C7C(=O)N6CCC(CCCCCCCC)CCCCCCCCCC)s5)s4)c(CCC(CCCCCCCC)CCCCCCCCCC)c3sc21. The van der Waals surface area contributed by atoms with E-state index in [2.05, 4.69) is 184 Å². The highest BCUT2D eigenvalue weighted by atomic mass is 32.1. The molecule has 13 heteroatoms. The van der Waals surface area contributed by atoms with Gasteiger partial charge in [-0.1, -0.05) is 466 Å². The van der Waals surface area contributed by atoms with Crippen LogP contribution in [-0.2, 0) is 22.4 Å². The molecule has 4 atom stereocenters. The van der Waals surface area contributed by atoms with Gasteiger partial charge < -0.3 is 9.80 Å². The average Bonchev–Trinajstić information content (AvgIpc) is 1.54. The third-order valence-electron chi connectivity index (χ3n) is 30.4.